The van der Waals surface area contributed by atoms with Crippen LogP contribution in [0, 0.1) is 0 Å². The summed E-state index contributed by atoms with van der Waals surface area (Å²) in [5.41, 5.74) is 0. The summed E-state index contributed by atoms with van der Waals surface area (Å²) in [7, 11) is 0. The van der Waals surface area contributed by atoms with Crippen LogP contribution in [0.4, 0.5) is 0 Å². The number of hydrogen-bond acceptors (Lipinski definition) is 6. The normalized spacial score (nSPS) is 25.3. The molecule has 0 saturated carbocycles. The molecule has 0 aliphatic carbocycles. The van der Waals surface area contributed by atoms with Gasteiger partial charge in [0.05, 0.1) is 18.6 Å². The summed E-state index contributed by atoms with van der Waals surface area (Å²) in [4.78, 5) is 22.9. The molecule has 2 aliphatic heterocycles. The minimum absolute atomic E-state index is 0.0127. The number of ether oxygens (including phenoxy) is 4. The zero-order valence-corrected chi connectivity index (χ0v) is 12.1. The summed E-state index contributed by atoms with van der Waals surface area (Å²) in [6.45, 7) is 2.02. The Labute approximate surface area is 124 Å². The Morgan fingerprint density at radius 1 is 1.00 bits per heavy atom. The second-order valence-electron chi connectivity index (χ2n) is 5.19. The van der Waals surface area contributed by atoms with Crippen molar-refractivity contribution in [1.82, 2.24) is 0 Å². The van der Waals surface area contributed by atoms with Crippen LogP contribution in [0.3, 0.4) is 0 Å². The zero-order valence-electron chi connectivity index (χ0n) is 12.1. The predicted octanol–water partition coefficient (Wildman–Crippen LogP) is 1.38. The lowest BCUT2D eigenvalue weighted by Gasteiger charge is -2.09. The van der Waals surface area contributed by atoms with Crippen molar-refractivity contribution in [2.24, 2.45) is 0 Å². The average Bonchev–Trinajstić information content (AvgIpc) is 3.16. The SMILES string of the molecule is O=C(/C=C/CC(=O)OCC1CCCO1)OCC1CCCO1. The topological polar surface area (TPSA) is 71.1 Å². The largest absolute Gasteiger partial charge is 0.463 e. The fraction of sp³-hybridized carbons (Fsp3) is 0.733. The molecule has 6 nitrogen and oxygen atoms in total. The second-order valence-corrected chi connectivity index (χ2v) is 5.19. The first-order chi connectivity index (χ1) is 10.2. The van der Waals surface area contributed by atoms with Gasteiger partial charge in [-0.05, 0) is 25.7 Å². The van der Waals surface area contributed by atoms with Crippen LogP contribution in [0.2, 0.25) is 0 Å². The van der Waals surface area contributed by atoms with Gasteiger partial charge in [-0.3, -0.25) is 4.79 Å². The molecule has 118 valence electrons. The van der Waals surface area contributed by atoms with E-state index in [-0.39, 0.29) is 37.8 Å². The van der Waals surface area contributed by atoms with Crippen LogP contribution < -0.4 is 0 Å². The molecule has 2 aliphatic rings. The lowest BCUT2D eigenvalue weighted by atomic mass is 10.2. The van der Waals surface area contributed by atoms with E-state index in [0.717, 1.165) is 38.9 Å². The monoisotopic (exact) mass is 298 g/mol. The maximum absolute atomic E-state index is 11.4. The molecule has 0 aromatic rings. The van der Waals surface area contributed by atoms with E-state index in [4.69, 9.17) is 18.9 Å². The molecule has 2 unspecified atom stereocenters. The van der Waals surface area contributed by atoms with Gasteiger partial charge in [0.25, 0.3) is 0 Å². The predicted molar refractivity (Wildman–Crippen MR) is 73.6 cm³/mol. The van der Waals surface area contributed by atoms with Crippen molar-refractivity contribution in [3.63, 3.8) is 0 Å². The van der Waals surface area contributed by atoms with Gasteiger partial charge in [-0.1, -0.05) is 6.08 Å². The summed E-state index contributed by atoms with van der Waals surface area (Å²) < 4.78 is 20.8. The summed E-state index contributed by atoms with van der Waals surface area (Å²) in [6, 6.07) is 0. The molecule has 2 fully saturated rings. The lowest BCUT2D eigenvalue weighted by molar-refractivity contribution is -0.145. The van der Waals surface area contributed by atoms with Gasteiger partial charge in [0.1, 0.15) is 13.2 Å². The zero-order chi connectivity index (χ0) is 14.9. The highest BCUT2D eigenvalue weighted by Gasteiger charge is 2.18. The fourth-order valence-corrected chi connectivity index (χ4v) is 2.27. The average molecular weight is 298 g/mol. The van der Waals surface area contributed by atoms with E-state index in [1.165, 1.54) is 12.2 Å². The maximum atomic E-state index is 11.4. The third-order valence-corrected chi connectivity index (χ3v) is 3.43. The van der Waals surface area contributed by atoms with E-state index >= 15 is 0 Å². The first kappa shape index (κ1) is 16.0. The molecule has 21 heavy (non-hydrogen) atoms. The van der Waals surface area contributed by atoms with Crippen LogP contribution in [0.1, 0.15) is 32.1 Å². The van der Waals surface area contributed by atoms with Crippen molar-refractivity contribution in [3.05, 3.63) is 12.2 Å². The molecular formula is C15H22O6. The van der Waals surface area contributed by atoms with E-state index in [1.54, 1.807) is 0 Å². The molecular weight excluding hydrogens is 276 g/mol. The third kappa shape index (κ3) is 6.27. The first-order valence-corrected chi connectivity index (χ1v) is 7.46. The summed E-state index contributed by atoms with van der Waals surface area (Å²) in [5.74, 6) is -0.828. The number of rotatable bonds is 7. The molecule has 2 heterocycles. The van der Waals surface area contributed by atoms with E-state index in [0.29, 0.717) is 0 Å². The van der Waals surface area contributed by atoms with Gasteiger partial charge in [-0.2, -0.15) is 0 Å². The van der Waals surface area contributed by atoms with Gasteiger partial charge in [0.15, 0.2) is 0 Å². The Balaban J connectivity index is 1.53. The molecule has 2 rings (SSSR count). The summed E-state index contributed by atoms with van der Waals surface area (Å²) in [5, 5.41) is 0. The molecule has 0 amide bonds. The van der Waals surface area contributed by atoms with E-state index in [1.807, 2.05) is 0 Å². The molecule has 0 aromatic heterocycles. The Morgan fingerprint density at radius 3 is 2.19 bits per heavy atom. The minimum Gasteiger partial charge on any atom is -0.463 e. The number of hydrogen-bond donors (Lipinski definition) is 0. The van der Waals surface area contributed by atoms with Crippen molar-refractivity contribution < 1.29 is 28.5 Å². The lowest BCUT2D eigenvalue weighted by Crippen LogP contribution is -2.17. The molecule has 0 radical (unpaired) electrons. The van der Waals surface area contributed by atoms with Gasteiger partial charge in [-0.25, -0.2) is 4.79 Å². The Morgan fingerprint density at radius 2 is 1.62 bits per heavy atom. The van der Waals surface area contributed by atoms with E-state index in [2.05, 4.69) is 0 Å². The highest BCUT2D eigenvalue weighted by atomic mass is 16.6. The molecule has 2 atom stereocenters. The van der Waals surface area contributed by atoms with Crippen molar-refractivity contribution in [1.29, 1.82) is 0 Å². The molecule has 0 N–H and O–H groups in total. The van der Waals surface area contributed by atoms with Gasteiger partial charge in [0.2, 0.25) is 0 Å². The Hall–Kier alpha value is -1.40. The van der Waals surface area contributed by atoms with Crippen molar-refractivity contribution in [2.75, 3.05) is 26.4 Å². The summed E-state index contributed by atoms with van der Waals surface area (Å²) >= 11 is 0. The smallest absolute Gasteiger partial charge is 0.330 e. The van der Waals surface area contributed by atoms with Crippen molar-refractivity contribution >= 4 is 11.9 Å². The van der Waals surface area contributed by atoms with Gasteiger partial charge >= 0.3 is 11.9 Å². The van der Waals surface area contributed by atoms with Crippen LogP contribution in [-0.2, 0) is 28.5 Å². The van der Waals surface area contributed by atoms with Crippen LogP contribution in [-0.4, -0.2) is 50.6 Å². The third-order valence-electron chi connectivity index (χ3n) is 3.43. The molecule has 2 saturated heterocycles. The standard InChI is InChI=1S/C15H22O6/c16-14(20-10-12-4-2-8-18-12)6-1-7-15(17)21-11-13-5-3-9-19-13/h1,6,12-13H,2-5,7-11H2/b6-1+. The number of esters is 2. The number of carbonyl (C=O) groups excluding carboxylic acids is 2. The van der Waals surface area contributed by atoms with Gasteiger partial charge in [-0.15, -0.1) is 0 Å². The Bertz CT molecular complexity index is 366. The molecule has 0 aromatic carbocycles. The van der Waals surface area contributed by atoms with Crippen molar-refractivity contribution in [2.45, 2.75) is 44.3 Å². The van der Waals surface area contributed by atoms with Gasteiger partial charge in [0, 0.05) is 19.3 Å². The molecule has 0 bridgehead atoms. The number of carbonyl (C=O) groups is 2. The first-order valence-electron chi connectivity index (χ1n) is 7.46. The van der Waals surface area contributed by atoms with Crippen LogP contribution in [0.25, 0.3) is 0 Å². The quantitative estimate of drug-likeness (QED) is 0.522. The highest BCUT2D eigenvalue weighted by Crippen LogP contribution is 2.13. The molecule has 0 spiro atoms. The van der Waals surface area contributed by atoms with Crippen LogP contribution in [0.15, 0.2) is 12.2 Å². The minimum atomic E-state index is -0.461. The van der Waals surface area contributed by atoms with Gasteiger partial charge < -0.3 is 18.9 Å². The fourth-order valence-electron chi connectivity index (χ4n) is 2.27. The molecule has 6 heteroatoms. The van der Waals surface area contributed by atoms with E-state index < -0.39 is 5.97 Å². The Kier molecular flexibility index (Phi) is 6.69. The summed E-state index contributed by atoms with van der Waals surface area (Å²) in [6.07, 6.45) is 6.67. The van der Waals surface area contributed by atoms with Crippen LogP contribution >= 0.6 is 0 Å². The van der Waals surface area contributed by atoms with E-state index in [9.17, 15) is 9.59 Å². The van der Waals surface area contributed by atoms with Crippen molar-refractivity contribution in [3.8, 4) is 0 Å². The van der Waals surface area contributed by atoms with Crippen LogP contribution in [0.5, 0.6) is 0 Å². The highest BCUT2D eigenvalue weighted by molar-refractivity contribution is 5.83. The maximum Gasteiger partial charge on any atom is 0.330 e. The second kappa shape index (κ2) is 8.79.